The van der Waals surface area contributed by atoms with Gasteiger partial charge < -0.3 is 26.0 Å². The van der Waals surface area contributed by atoms with Crippen molar-refractivity contribution in [3.8, 4) is 5.75 Å². The van der Waals surface area contributed by atoms with Crippen LogP contribution in [0.4, 0.5) is 5.69 Å². The van der Waals surface area contributed by atoms with Crippen molar-refractivity contribution in [1.82, 2.24) is 9.88 Å². The number of nitrogens with one attached hydrogen (secondary N) is 2. The lowest BCUT2D eigenvalue weighted by molar-refractivity contribution is -0.137. The second-order valence-corrected chi connectivity index (χ2v) is 9.45. The van der Waals surface area contributed by atoms with Crippen molar-refractivity contribution in [3.05, 3.63) is 60.3 Å². The van der Waals surface area contributed by atoms with E-state index in [1.54, 1.807) is 24.4 Å². The van der Waals surface area contributed by atoms with Crippen molar-refractivity contribution in [1.29, 1.82) is 0 Å². The molecule has 0 aliphatic heterocycles. The van der Waals surface area contributed by atoms with Gasteiger partial charge in [0, 0.05) is 35.4 Å². The van der Waals surface area contributed by atoms with Gasteiger partial charge >= 0.3 is 0 Å². The van der Waals surface area contributed by atoms with Crippen LogP contribution in [0.5, 0.6) is 5.75 Å². The summed E-state index contributed by atoms with van der Waals surface area (Å²) in [6.45, 7) is 0.723. The number of hydrogen-bond acceptors (Lipinski definition) is 5. The lowest BCUT2D eigenvalue weighted by atomic mass is 9.82. The normalized spacial score (nSPS) is 14.9. The third-order valence-corrected chi connectivity index (χ3v) is 6.96. The Bertz CT molecular complexity index is 1210. The van der Waals surface area contributed by atoms with Crippen LogP contribution >= 0.6 is 0 Å². The fraction of sp³-hybridized carbons (Fsp3) is 0.393. The first-order chi connectivity index (χ1) is 17.5. The molecule has 0 radical (unpaired) electrons. The smallest absolute Gasteiger partial charge is 0.295 e. The molecule has 190 valence electrons. The van der Waals surface area contributed by atoms with Crippen molar-refractivity contribution >= 4 is 34.2 Å². The number of ketones is 1. The van der Waals surface area contributed by atoms with E-state index in [0.29, 0.717) is 36.0 Å². The standard InChI is InChI=1S/C28H34N4O4/c29-15-6-7-16-32(28(36)26(34)23-18-30-24-14-5-4-13-22(23)24)25(19-9-2-1-3-10-19)27(35)31-20-11-8-12-21(33)17-20/h4-5,8,11-14,17-19,25,30,33H,1-3,6-7,9-10,15-16,29H2,(H,31,35). The van der Waals surface area contributed by atoms with Crippen LogP contribution in [0.25, 0.3) is 10.9 Å². The highest BCUT2D eigenvalue weighted by atomic mass is 16.3. The molecule has 0 bridgehead atoms. The molecule has 1 atom stereocenters. The van der Waals surface area contributed by atoms with Crippen molar-refractivity contribution in [3.63, 3.8) is 0 Å². The number of para-hydroxylation sites is 1. The number of rotatable bonds is 10. The molecular weight excluding hydrogens is 456 g/mol. The Morgan fingerprint density at radius 3 is 2.58 bits per heavy atom. The van der Waals surface area contributed by atoms with Gasteiger partial charge in [-0.25, -0.2) is 0 Å². The number of nitrogens with zero attached hydrogens (tertiary/aromatic N) is 1. The number of carbonyl (C=O) groups excluding carboxylic acids is 3. The average Bonchev–Trinajstić information content (AvgIpc) is 3.32. The van der Waals surface area contributed by atoms with Gasteiger partial charge in [-0.1, -0.05) is 43.5 Å². The van der Waals surface area contributed by atoms with Crippen LogP contribution in [0.15, 0.2) is 54.7 Å². The molecule has 1 aromatic heterocycles. The van der Waals surface area contributed by atoms with Crippen LogP contribution in [-0.4, -0.2) is 51.7 Å². The monoisotopic (exact) mass is 490 g/mol. The van der Waals surface area contributed by atoms with Crippen molar-refractivity contribution in [2.45, 2.75) is 51.0 Å². The van der Waals surface area contributed by atoms with Gasteiger partial charge in [0.05, 0.1) is 5.56 Å². The van der Waals surface area contributed by atoms with E-state index in [9.17, 15) is 19.5 Å². The molecule has 3 aromatic rings. The molecule has 1 aliphatic rings. The zero-order valence-corrected chi connectivity index (χ0v) is 20.4. The number of phenolic OH excluding ortho intramolecular Hbond substituents is 1. The van der Waals surface area contributed by atoms with Crippen LogP contribution in [0.2, 0.25) is 0 Å². The molecule has 2 amide bonds. The Labute approximate surface area is 210 Å². The minimum Gasteiger partial charge on any atom is -0.508 e. The maximum atomic E-state index is 13.8. The van der Waals surface area contributed by atoms with Gasteiger partial charge in [-0.3, -0.25) is 14.4 Å². The summed E-state index contributed by atoms with van der Waals surface area (Å²) in [6, 6.07) is 12.9. The van der Waals surface area contributed by atoms with Crippen LogP contribution in [0.3, 0.4) is 0 Å². The molecule has 1 unspecified atom stereocenters. The summed E-state index contributed by atoms with van der Waals surface area (Å²) in [5, 5.41) is 13.4. The number of aromatic hydroxyl groups is 1. The first-order valence-corrected chi connectivity index (χ1v) is 12.7. The Kier molecular flexibility index (Phi) is 8.38. The van der Waals surface area contributed by atoms with Gasteiger partial charge in [0.1, 0.15) is 11.8 Å². The molecule has 8 nitrogen and oxygen atoms in total. The number of aromatic amines is 1. The fourth-order valence-corrected chi connectivity index (χ4v) is 5.16. The number of carbonyl (C=O) groups is 3. The highest BCUT2D eigenvalue weighted by Crippen LogP contribution is 2.31. The third-order valence-electron chi connectivity index (χ3n) is 6.96. The minimum atomic E-state index is -0.799. The van der Waals surface area contributed by atoms with Gasteiger partial charge in [-0.15, -0.1) is 0 Å². The number of unbranched alkanes of at least 4 members (excludes halogenated alkanes) is 1. The number of hydrogen-bond donors (Lipinski definition) is 4. The fourth-order valence-electron chi connectivity index (χ4n) is 5.16. The summed E-state index contributed by atoms with van der Waals surface area (Å²) in [7, 11) is 0. The molecule has 1 aliphatic carbocycles. The molecule has 4 rings (SSSR count). The van der Waals surface area contributed by atoms with E-state index >= 15 is 0 Å². The van der Waals surface area contributed by atoms with E-state index in [1.165, 1.54) is 17.0 Å². The number of H-pyrrole nitrogens is 1. The molecule has 0 saturated heterocycles. The quantitative estimate of drug-likeness (QED) is 0.192. The van der Waals surface area contributed by atoms with Crippen molar-refractivity contribution < 1.29 is 19.5 Å². The number of Topliss-reactive ketones (excluding diaryl/α,β-unsaturated/α-hetero) is 1. The van der Waals surface area contributed by atoms with Crippen molar-refractivity contribution in [2.24, 2.45) is 11.7 Å². The molecular formula is C28H34N4O4. The largest absolute Gasteiger partial charge is 0.508 e. The zero-order chi connectivity index (χ0) is 25.5. The second-order valence-electron chi connectivity index (χ2n) is 9.45. The number of amides is 2. The summed E-state index contributed by atoms with van der Waals surface area (Å²) in [5.41, 5.74) is 7.22. The molecule has 8 heteroatoms. The molecule has 0 spiro atoms. The van der Waals surface area contributed by atoms with Crippen LogP contribution in [-0.2, 0) is 9.59 Å². The van der Waals surface area contributed by atoms with Crippen LogP contribution in [0, 0.1) is 5.92 Å². The minimum absolute atomic E-state index is 0.0346. The Morgan fingerprint density at radius 1 is 1.06 bits per heavy atom. The van der Waals surface area contributed by atoms with Crippen LogP contribution in [0.1, 0.15) is 55.3 Å². The average molecular weight is 491 g/mol. The van der Waals surface area contributed by atoms with Crippen molar-refractivity contribution in [2.75, 3.05) is 18.4 Å². The van der Waals surface area contributed by atoms with Gasteiger partial charge in [-0.2, -0.15) is 0 Å². The topological polar surface area (TPSA) is 129 Å². The highest BCUT2D eigenvalue weighted by molar-refractivity contribution is 6.45. The van der Waals surface area contributed by atoms with E-state index in [4.69, 9.17) is 5.73 Å². The molecule has 2 aromatic carbocycles. The highest BCUT2D eigenvalue weighted by Gasteiger charge is 2.39. The SMILES string of the molecule is NCCCCN(C(=O)C(=O)c1c[nH]c2ccccc12)C(C(=O)Nc1cccc(O)c1)C1CCCCC1. The van der Waals surface area contributed by atoms with Gasteiger partial charge in [0.15, 0.2) is 0 Å². The third kappa shape index (κ3) is 5.76. The predicted octanol–water partition coefficient (Wildman–Crippen LogP) is 4.21. The van der Waals surface area contributed by atoms with E-state index in [2.05, 4.69) is 10.3 Å². The Morgan fingerprint density at radius 2 is 1.83 bits per heavy atom. The van der Waals surface area contributed by atoms with E-state index in [-0.39, 0.29) is 24.1 Å². The number of aromatic nitrogens is 1. The molecule has 36 heavy (non-hydrogen) atoms. The van der Waals surface area contributed by atoms with E-state index in [1.807, 2.05) is 18.2 Å². The first-order valence-electron chi connectivity index (χ1n) is 12.7. The molecule has 1 heterocycles. The first kappa shape index (κ1) is 25.4. The van der Waals surface area contributed by atoms with Gasteiger partial charge in [0.25, 0.3) is 11.7 Å². The maximum absolute atomic E-state index is 13.8. The lowest BCUT2D eigenvalue weighted by Gasteiger charge is -2.37. The number of anilines is 1. The zero-order valence-electron chi connectivity index (χ0n) is 20.4. The second kappa shape index (κ2) is 11.9. The number of fused-ring (bicyclic) bond motifs is 1. The number of phenols is 1. The Balaban J connectivity index is 1.67. The number of nitrogens with two attached hydrogens (primary N) is 1. The summed E-state index contributed by atoms with van der Waals surface area (Å²) in [5.74, 6) is -1.69. The summed E-state index contributed by atoms with van der Waals surface area (Å²) in [4.78, 5) is 45.5. The predicted molar refractivity (Wildman–Crippen MR) is 140 cm³/mol. The summed E-state index contributed by atoms with van der Waals surface area (Å²) < 4.78 is 0. The molecule has 1 fully saturated rings. The number of benzene rings is 2. The summed E-state index contributed by atoms with van der Waals surface area (Å²) in [6.07, 6.45) is 7.48. The molecule has 5 N–H and O–H groups in total. The van der Waals surface area contributed by atoms with E-state index in [0.717, 1.165) is 37.6 Å². The van der Waals surface area contributed by atoms with Crippen LogP contribution < -0.4 is 11.1 Å². The summed E-state index contributed by atoms with van der Waals surface area (Å²) >= 11 is 0. The lowest BCUT2D eigenvalue weighted by Crippen LogP contribution is -2.54. The Hall–Kier alpha value is -3.65. The van der Waals surface area contributed by atoms with Gasteiger partial charge in [-0.05, 0) is 56.3 Å². The van der Waals surface area contributed by atoms with Gasteiger partial charge in [0.2, 0.25) is 5.91 Å². The van der Waals surface area contributed by atoms with E-state index < -0.39 is 17.7 Å². The molecule has 1 saturated carbocycles. The maximum Gasteiger partial charge on any atom is 0.295 e.